The fraction of sp³-hybridized carbons (Fsp3) is 0.462. The number of halogens is 3. The Morgan fingerprint density at radius 3 is 2.43 bits per heavy atom. The molecule has 0 aliphatic rings. The lowest BCUT2D eigenvalue weighted by atomic mass is 10.1. The first-order chi connectivity index (χ1) is 9.72. The van der Waals surface area contributed by atoms with Crippen LogP contribution in [0.1, 0.15) is 43.5 Å². The molecule has 0 radical (unpaired) electrons. The van der Waals surface area contributed by atoms with Crippen LogP contribution in [0.25, 0.3) is 0 Å². The molecule has 4 nitrogen and oxygen atoms in total. The SMILES string of the molecule is CCCC(CC)NC(=O)c1c(F)ccc(S(=O)(=O)Cl)c1F. The van der Waals surface area contributed by atoms with Crippen molar-refractivity contribution in [2.75, 3.05) is 0 Å². The van der Waals surface area contributed by atoms with Crippen LogP contribution in [0.5, 0.6) is 0 Å². The van der Waals surface area contributed by atoms with Crippen LogP contribution >= 0.6 is 10.7 Å². The molecule has 1 N–H and O–H groups in total. The van der Waals surface area contributed by atoms with Crippen LogP contribution < -0.4 is 5.32 Å². The van der Waals surface area contributed by atoms with Gasteiger partial charge in [-0.05, 0) is 25.0 Å². The number of carbonyl (C=O) groups excluding carboxylic acids is 1. The minimum Gasteiger partial charge on any atom is -0.349 e. The van der Waals surface area contributed by atoms with Gasteiger partial charge in [-0.1, -0.05) is 20.3 Å². The van der Waals surface area contributed by atoms with Crippen molar-refractivity contribution in [3.05, 3.63) is 29.3 Å². The maximum absolute atomic E-state index is 14.1. The highest BCUT2D eigenvalue weighted by molar-refractivity contribution is 8.13. The summed E-state index contributed by atoms with van der Waals surface area (Å²) in [6.45, 7) is 3.74. The number of benzene rings is 1. The van der Waals surface area contributed by atoms with Gasteiger partial charge >= 0.3 is 0 Å². The third-order valence-corrected chi connectivity index (χ3v) is 4.35. The van der Waals surface area contributed by atoms with E-state index in [-0.39, 0.29) is 6.04 Å². The molecule has 0 saturated heterocycles. The van der Waals surface area contributed by atoms with Crippen molar-refractivity contribution in [1.82, 2.24) is 5.32 Å². The van der Waals surface area contributed by atoms with Crippen molar-refractivity contribution in [3.8, 4) is 0 Å². The van der Waals surface area contributed by atoms with E-state index in [0.717, 1.165) is 6.42 Å². The molecule has 0 aromatic heterocycles. The van der Waals surface area contributed by atoms with Crippen molar-refractivity contribution in [3.63, 3.8) is 0 Å². The van der Waals surface area contributed by atoms with Crippen molar-refractivity contribution in [2.24, 2.45) is 0 Å². The van der Waals surface area contributed by atoms with Gasteiger partial charge in [0.15, 0.2) is 5.82 Å². The van der Waals surface area contributed by atoms with E-state index in [2.05, 4.69) is 5.32 Å². The van der Waals surface area contributed by atoms with E-state index >= 15 is 0 Å². The lowest BCUT2D eigenvalue weighted by Crippen LogP contribution is -2.35. The standard InChI is InChI=1S/C13H16ClF2NO3S/c1-3-5-8(4-2)17-13(18)11-9(15)6-7-10(12(11)16)21(14,19)20/h6-8H,3-5H2,1-2H3,(H,17,18). The highest BCUT2D eigenvalue weighted by Gasteiger charge is 2.26. The molecule has 21 heavy (non-hydrogen) atoms. The van der Waals surface area contributed by atoms with Crippen LogP contribution in [0.3, 0.4) is 0 Å². The number of hydrogen-bond donors (Lipinski definition) is 1. The molecule has 0 fully saturated rings. The van der Waals surface area contributed by atoms with Gasteiger partial charge in [0.05, 0.1) is 0 Å². The Kier molecular flexibility index (Phi) is 6.10. The van der Waals surface area contributed by atoms with Crippen molar-refractivity contribution in [2.45, 2.75) is 44.0 Å². The highest BCUT2D eigenvalue weighted by atomic mass is 35.7. The number of hydrogen-bond acceptors (Lipinski definition) is 3. The predicted molar refractivity (Wildman–Crippen MR) is 75.9 cm³/mol. The second-order valence-corrected chi connectivity index (χ2v) is 7.07. The molecule has 0 aliphatic heterocycles. The lowest BCUT2D eigenvalue weighted by molar-refractivity contribution is 0.0924. The van der Waals surface area contributed by atoms with Gasteiger partial charge in [0.25, 0.3) is 15.0 Å². The second kappa shape index (κ2) is 7.17. The fourth-order valence-corrected chi connectivity index (χ4v) is 2.82. The predicted octanol–water partition coefficient (Wildman–Crippen LogP) is 3.20. The maximum Gasteiger partial charge on any atom is 0.264 e. The third-order valence-electron chi connectivity index (χ3n) is 3.01. The van der Waals surface area contributed by atoms with E-state index in [1.54, 1.807) is 0 Å². The van der Waals surface area contributed by atoms with E-state index in [1.165, 1.54) is 0 Å². The first kappa shape index (κ1) is 17.8. The quantitative estimate of drug-likeness (QED) is 0.809. The van der Waals surface area contributed by atoms with Crippen LogP contribution in [0.4, 0.5) is 8.78 Å². The summed E-state index contributed by atoms with van der Waals surface area (Å²) in [5.74, 6) is -3.61. The smallest absolute Gasteiger partial charge is 0.264 e. The molecular formula is C13H16ClF2NO3S. The monoisotopic (exact) mass is 339 g/mol. The van der Waals surface area contributed by atoms with E-state index in [9.17, 15) is 22.0 Å². The maximum atomic E-state index is 14.1. The molecule has 0 heterocycles. The normalized spacial score (nSPS) is 13.0. The number of nitrogens with one attached hydrogen (secondary N) is 1. The van der Waals surface area contributed by atoms with Gasteiger partial charge in [-0.3, -0.25) is 4.79 Å². The molecule has 0 bridgehead atoms. The average Bonchev–Trinajstić information content (AvgIpc) is 2.36. The molecule has 118 valence electrons. The summed E-state index contributed by atoms with van der Waals surface area (Å²) in [5.41, 5.74) is -0.939. The van der Waals surface area contributed by atoms with E-state index < -0.39 is 37.1 Å². The summed E-state index contributed by atoms with van der Waals surface area (Å²) < 4.78 is 50.1. The topological polar surface area (TPSA) is 63.2 Å². The fourth-order valence-electron chi connectivity index (χ4n) is 1.91. The third kappa shape index (κ3) is 4.38. The minimum atomic E-state index is -4.40. The average molecular weight is 340 g/mol. The number of rotatable bonds is 6. The summed E-state index contributed by atoms with van der Waals surface area (Å²) in [6.07, 6.45) is 2.04. The van der Waals surface area contributed by atoms with Gasteiger partial charge in [0, 0.05) is 16.7 Å². The first-order valence-electron chi connectivity index (χ1n) is 6.45. The summed E-state index contributed by atoms with van der Waals surface area (Å²) in [5, 5.41) is 2.49. The van der Waals surface area contributed by atoms with Gasteiger partial charge in [0.2, 0.25) is 0 Å². The molecule has 8 heteroatoms. The van der Waals surface area contributed by atoms with Crippen molar-refractivity contribution < 1.29 is 22.0 Å². The molecule has 1 amide bonds. The largest absolute Gasteiger partial charge is 0.349 e. The molecule has 0 saturated carbocycles. The Morgan fingerprint density at radius 2 is 1.95 bits per heavy atom. The van der Waals surface area contributed by atoms with E-state index in [4.69, 9.17) is 10.7 Å². The minimum absolute atomic E-state index is 0.238. The van der Waals surface area contributed by atoms with Crippen molar-refractivity contribution in [1.29, 1.82) is 0 Å². The summed E-state index contributed by atoms with van der Waals surface area (Å²) >= 11 is 0. The zero-order valence-corrected chi connectivity index (χ0v) is 13.2. The first-order valence-corrected chi connectivity index (χ1v) is 8.76. The molecule has 0 aliphatic carbocycles. The molecular weight excluding hydrogens is 324 g/mol. The van der Waals surface area contributed by atoms with Crippen LogP contribution in [0.2, 0.25) is 0 Å². The van der Waals surface area contributed by atoms with Crippen LogP contribution in [-0.2, 0) is 9.05 Å². The Balaban J connectivity index is 3.21. The molecule has 1 aromatic carbocycles. The Hall–Kier alpha value is -1.21. The highest BCUT2D eigenvalue weighted by Crippen LogP contribution is 2.24. The Morgan fingerprint density at radius 1 is 1.33 bits per heavy atom. The zero-order chi connectivity index (χ0) is 16.2. The second-order valence-electron chi connectivity index (χ2n) is 4.54. The molecule has 0 spiro atoms. The van der Waals surface area contributed by atoms with Gasteiger partial charge < -0.3 is 5.32 Å². The van der Waals surface area contributed by atoms with Crippen LogP contribution in [-0.4, -0.2) is 20.4 Å². The van der Waals surface area contributed by atoms with E-state index in [1.807, 2.05) is 13.8 Å². The van der Waals surface area contributed by atoms with Gasteiger partial charge in [-0.2, -0.15) is 0 Å². The lowest BCUT2D eigenvalue weighted by Gasteiger charge is -2.17. The molecule has 1 aromatic rings. The zero-order valence-electron chi connectivity index (χ0n) is 11.6. The summed E-state index contributed by atoms with van der Waals surface area (Å²) in [7, 11) is 0.654. The summed E-state index contributed by atoms with van der Waals surface area (Å²) in [6, 6.07) is 1.15. The van der Waals surface area contributed by atoms with Gasteiger partial charge in [-0.15, -0.1) is 0 Å². The summed E-state index contributed by atoms with van der Waals surface area (Å²) in [4.78, 5) is 11.1. The van der Waals surface area contributed by atoms with Crippen molar-refractivity contribution >= 4 is 25.6 Å². The Bertz CT molecular complexity index is 635. The number of carbonyl (C=O) groups is 1. The molecule has 1 unspecified atom stereocenters. The Labute approximate surface area is 126 Å². The van der Waals surface area contributed by atoms with Crippen LogP contribution in [0, 0.1) is 11.6 Å². The van der Waals surface area contributed by atoms with E-state index in [0.29, 0.717) is 25.0 Å². The van der Waals surface area contributed by atoms with Gasteiger partial charge in [-0.25, -0.2) is 17.2 Å². The number of amides is 1. The molecule has 1 atom stereocenters. The van der Waals surface area contributed by atoms with Crippen LogP contribution in [0.15, 0.2) is 17.0 Å². The van der Waals surface area contributed by atoms with Gasteiger partial charge in [0.1, 0.15) is 16.3 Å². The molecule has 1 rings (SSSR count).